The molecule has 1 heterocycles. The van der Waals surface area contributed by atoms with E-state index in [0.29, 0.717) is 0 Å². The van der Waals surface area contributed by atoms with E-state index < -0.39 is 6.10 Å². The number of aliphatic hydroxyl groups is 1. The number of carbonyl (C=O) groups is 2. The SMILES string of the molecule is Cc1cc(C(C)(C)C)ccc1OCC(O)CN1C(=O)C2CCCCC2C1=O. The van der Waals surface area contributed by atoms with E-state index in [4.69, 9.17) is 4.74 Å². The zero-order chi connectivity index (χ0) is 19.8. The molecule has 0 spiro atoms. The van der Waals surface area contributed by atoms with Crippen molar-refractivity contribution < 1.29 is 19.4 Å². The molecular formula is C22H31NO4. The first-order valence-corrected chi connectivity index (χ1v) is 9.95. The van der Waals surface area contributed by atoms with Gasteiger partial charge in [-0.25, -0.2) is 0 Å². The van der Waals surface area contributed by atoms with Crippen molar-refractivity contribution in [3.63, 3.8) is 0 Å². The van der Waals surface area contributed by atoms with E-state index in [0.717, 1.165) is 37.0 Å². The van der Waals surface area contributed by atoms with E-state index in [2.05, 4.69) is 26.8 Å². The summed E-state index contributed by atoms with van der Waals surface area (Å²) in [5, 5.41) is 10.3. The Kier molecular flexibility index (Phi) is 5.61. The van der Waals surface area contributed by atoms with Gasteiger partial charge in [-0.3, -0.25) is 14.5 Å². The molecule has 1 saturated heterocycles. The summed E-state index contributed by atoms with van der Waals surface area (Å²) in [4.78, 5) is 26.3. The molecule has 5 nitrogen and oxygen atoms in total. The highest BCUT2D eigenvalue weighted by Gasteiger charge is 2.48. The Morgan fingerprint density at radius 2 is 1.74 bits per heavy atom. The third-order valence-electron chi connectivity index (χ3n) is 5.80. The van der Waals surface area contributed by atoms with Gasteiger partial charge in [-0.15, -0.1) is 0 Å². The molecule has 1 saturated carbocycles. The first-order valence-electron chi connectivity index (χ1n) is 9.95. The van der Waals surface area contributed by atoms with Gasteiger partial charge < -0.3 is 9.84 Å². The number of aryl methyl sites for hydroxylation is 1. The second kappa shape index (κ2) is 7.63. The molecule has 2 fully saturated rings. The summed E-state index contributed by atoms with van der Waals surface area (Å²) in [5.74, 6) is 0.136. The van der Waals surface area contributed by atoms with E-state index >= 15 is 0 Å². The third-order valence-corrected chi connectivity index (χ3v) is 5.80. The quantitative estimate of drug-likeness (QED) is 0.805. The Labute approximate surface area is 161 Å². The number of likely N-dealkylation sites (tertiary alicyclic amines) is 1. The molecule has 1 N–H and O–H groups in total. The maximum Gasteiger partial charge on any atom is 0.233 e. The average Bonchev–Trinajstić information content (AvgIpc) is 2.85. The number of aliphatic hydroxyl groups excluding tert-OH is 1. The largest absolute Gasteiger partial charge is 0.491 e. The molecule has 2 aliphatic rings. The van der Waals surface area contributed by atoms with Crippen LogP contribution in [0.4, 0.5) is 0 Å². The number of hydrogen-bond acceptors (Lipinski definition) is 4. The van der Waals surface area contributed by atoms with E-state index in [9.17, 15) is 14.7 Å². The first-order chi connectivity index (χ1) is 12.7. The Bertz CT molecular complexity index is 698. The maximum atomic E-state index is 12.5. The van der Waals surface area contributed by atoms with Gasteiger partial charge in [-0.05, 0) is 42.4 Å². The fourth-order valence-corrected chi connectivity index (χ4v) is 4.14. The van der Waals surface area contributed by atoms with Crippen LogP contribution < -0.4 is 4.74 Å². The van der Waals surface area contributed by atoms with Gasteiger partial charge in [0.15, 0.2) is 0 Å². The molecule has 1 aliphatic heterocycles. The normalized spacial score (nSPS) is 24.1. The van der Waals surface area contributed by atoms with Crippen molar-refractivity contribution in [2.24, 2.45) is 11.8 Å². The highest BCUT2D eigenvalue weighted by atomic mass is 16.5. The van der Waals surface area contributed by atoms with Gasteiger partial charge >= 0.3 is 0 Å². The molecular weight excluding hydrogens is 342 g/mol. The van der Waals surface area contributed by atoms with E-state index in [1.54, 1.807) is 0 Å². The molecule has 2 amide bonds. The summed E-state index contributed by atoms with van der Waals surface area (Å²) >= 11 is 0. The number of imide groups is 1. The Balaban J connectivity index is 1.58. The van der Waals surface area contributed by atoms with Gasteiger partial charge in [0, 0.05) is 0 Å². The van der Waals surface area contributed by atoms with E-state index in [-0.39, 0.29) is 42.2 Å². The predicted molar refractivity (Wildman–Crippen MR) is 104 cm³/mol. The molecule has 27 heavy (non-hydrogen) atoms. The molecule has 1 aromatic carbocycles. The topological polar surface area (TPSA) is 66.8 Å². The molecule has 1 aromatic rings. The van der Waals surface area contributed by atoms with Gasteiger partial charge in [0.2, 0.25) is 11.8 Å². The number of ether oxygens (including phenoxy) is 1. The number of amides is 2. The summed E-state index contributed by atoms with van der Waals surface area (Å²) in [6.45, 7) is 8.54. The van der Waals surface area contributed by atoms with Crippen LogP contribution >= 0.6 is 0 Å². The molecule has 3 rings (SSSR count). The molecule has 3 unspecified atom stereocenters. The Morgan fingerprint density at radius 3 is 2.26 bits per heavy atom. The number of nitrogens with zero attached hydrogens (tertiary/aromatic N) is 1. The van der Waals surface area contributed by atoms with Crippen LogP contribution in [0.15, 0.2) is 18.2 Å². The van der Waals surface area contributed by atoms with Gasteiger partial charge in [0.05, 0.1) is 18.4 Å². The highest BCUT2D eigenvalue weighted by Crippen LogP contribution is 2.38. The van der Waals surface area contributed by atoms with Gasteiger partial charge in [0.1, 0.15) is 18.5 Å². The van der Waals surface area contributed by atoms with Gasteiger partial charge in [0.25, 0.3) is 0 Å². The summed E-state index contributed by atoms with van der Waals surface area (Å²) in [7, 11) is 0. The summed E-state index contributed by atoms with van der Waals surface area (Å²) in [5.41, 5.74) is 2.30. The molecule has 3 atom stereocenters. The zero-order valence-electron chi connectivity index (χ0n) is 16.8. The summed E-state index contributed by atoms with van der Waals surface area (Å²) in [6.07, 6.45) is 2.70. The van der Waals surface area contributed by atoms with Gasteiger partial charge in [-0.1, -0.05) is 45.7 Å². The molecule has 0 bridgehead atoms. The summed E-state index contributed by atoms with van der Waals surface area (Å²) in [6, 6.07) is 6.05. The second-order valence-electron chi connectivity index (χ2n) is 8.98. The average molecular weight is 373 g/mol. The smallest absolute Gasteiger partial charge is 0.233 e. The second-order valence-corrected chi connectivity index (χ2v) is 8.98. The van der Waals surface area contributed by atoms with Crippen molar-refractivity contribution >= 4 is 11.8 Å². The number of fused-ring (bicyclic) bond motifs is 1. The fraction of sp³-hybridized carbons (Fsp3) is 0.636. The van der Waals surface area contributed by atoms with E-state index in [1.807, 2.05) is 19.1 Å². The van der Waals surface area contributed by atoms with Crippen LogP contribution in [0, 0.1) is 18.8 Å². The third kappa shape index (κ3) is 4.18. The van der Waals surface area contributed by atoms with Crippen LogP contribution in [0.3, 0.4) is 0 Å². The summed E-state index contributed by atoms with van der Waals surface area (Å²) < 4.78 is 5.77. The number of hydrogen-bond donors (Lipinski definition) is 1. The maximum absolute atomic E-state index is 12.5. The lowest BCUT2D eigenvalue weighted by Gasteiger charge is -2.22. The minimum Gasteiger partial charge on any atom is -0.491 e. The molecule has 0 aromatic heterocycles. The lowest BCUT2D eigenvalue weighted by molar-refractivity contribution is -0.141. The molecule has 1 aliphatic carbocycles. The standard InChI is InChI=1S/C22H31NO4/c1-14-11-15(22(2,3)4)9-10-19(14)27-13-16(24)12-23-20(25)17-7-5-6-8-18(17)21(23)26/h9-11,16-18,24H,5-8,12-13H2,1-4H3. The lowest BCUT2D eigenvalue weighted by Crippen LogP contribution is -2.40. The highest BCUT2D eigenvalue weighted by molar-refractivity contribution is 6.05. The van der Waals surface area contributed by atoms with Crippen LogP contribution in [0.25, 0.3) is 0 Å². The van der Waals surface area contributed by atoms with Crippen molar-refractivity contribution in [3.8, 4) is 5.75 Å². The Hall–Kier alpha value is -1.88. The minimum absolute atomic E-state index is 0.0176. The fourth-order valence-electron chi connectivity index (χ4n) is 4.14. The zero-order valence-corrected chi connectivity index (χ0v) is 16.8. The van der Waals surface area contributed by atoms with Crippen molar-refractivity contribution in [2.45, 2.75) is 64.9 Å². The number of β-amino-alcohol motifs (C(OH)–C–C–N with tert-alkyl or cyclic N) is 1. The van der Waals surface area contributed by atoms with Crippen LogP contribution in [0.5, 0.6) is 5.75 Å². The molecule has 148 valence electrons. The van der Waals surface area contributed by atoms with Crippen LogP contribution in [-0.2, 0) is 15.0 Å². The Morgan fingerprint density at radius 1 is 1.15 bits per heavy atom. The molecule has 0 radical (unpaired) electrons. The number of carbonyl (C=O) groups excluding carboxylic acids is 2. The monoisotopic (exact) mass is 373 g/mol. The number of benzene rings is 1. The first kappa shape index (κ1) is 19.9. The molecule has 5 heteroatoms. The van der Waals surface area contributed by atoms with Crippen LogP contribution in [0.1, 0.15) is 57.6 Å². The number of rotatable bonds is 5. The van der Waals surface area contributed by atoms with Gasteiger partial charge in [-0.2, -0.15) is 0 Å². The van der Waals surface area contributed by atoms with Crippen molar-refractivity contribution in [3.05, 3.63) is 29.3 Å². The van der Waals surface area contributed by atoms with Crippen molar-refractivity contribution in [1.82, 2.24) is 4.90 Å². The minimum atomic E-state index is -0.889. The predicted octanol–water partition coefficient (Wildman–Crippen LogP) is 3.21. The van der Waals surface area contributed by atoms with E-state index in [1.165, 1.54) is 10.5 Å². The van der Waals surface area contributed by atoms with Crippen molar-refractivity contribution in [2.75, 3.05) is 13.2 Å². The van der Waals surface area contributed by atoms with Crippen LogP contribution in [-0.4, -0.2) is 41.1 Å². The lowest BCUT2D eigenvalue weighted by atomic mass is 9.81. The van der Waals surface area contributed by atoms with Crippen molar-refractivity contribution in [1.29, 1.82) is 0 Å². The van der Waals surface area contributed by atoms with Crippen LogP contribution in [0.2, 0.25) is 0 Å².